The molecule has 0 saturated carbocycles. The van der Waals surface area contributed by atoms with Crippen molar-refractivity contribution in [2.45, 2.75) is 30.7 Å². The van der Waals surface area contributed by atoms with Crippen LogP contribution < -0.4 is 4.72 Å². The van der Waals surface area contributed by atoms with E-state index >= 15 is 0 Å². The van der Waals surface area contributed by atoms with E-state index in [1.165, 1.54) is 10.9 Å². The van der Waals surface area contributed by atoms with E-state index in [4.69, 9.17) is 11.6 Å². The zero-order valence-electron chi connectivity index (χ0n) is 10.2. The van der Waals surface area contributed by atoms with Gasteiger partial charge in [0.15, 0.2) is 5.03 Å². The first-order chi connectivity index (χ1) is 8.49. The summed E-state index contributed by atoms with van der Waals surface area (Å²) in [7, 11) is -2.01. The number of hydrogen-bond donors (Lipinski definition) is 1. The topological polar surface area (TPSA) is 64.0 Å². The van der Waals surface area contributed by atoms with Crippen LogP contribution >= 0.6 is 27.5 Å². The first-order valence-electron chi connectivity index (χ1n) is 5.72. The molecule has 0 aliphatic rings. The van der Waals surface area contributed by atoms with Gasteiger partial charge in [-0.25, -0.2) is 13.1 Å². The Balaban J connectivity index is 2.46. The Morgan fingerprint density at radius 1 is 1.39 bits per heavy atom. The van der Waals surface area contributed by atoms with Crippen molar-refractivity contribution in [2.24, 2.45) is 7.05 Å². The monoisotopic (exact) mass is 357 g/mol. The van der Waals surface area contributed by atoms with Crippen LogP contribution in [0.5, 0.6) is 0 Å². The van der Waals surface area contributed by atoms with Gasteiger partial charge in [0.2, 0.25) is 0 Å². The standard InChI is InChI=1S/C10H17BrClN3O2S/c1-15-10(9(12)8-13-15)18(16,17)14-7-5-3-2-4-6-11/h8,14H,2-7H2,1H3. The van der Waals surface area contributed by atoms with Crippen LogP contribution in [-0.2, 0) is 17.1 Å². The highest BCUT2D eigenvalue weighted by Gasteiger charge is 2.21. The highest BCUT2D eigenvalue weighted by atomic mass is 79.9. The second kappa shape index (κ2) is 7.47. The van der Waals surface area contributed by atoms with Gasteiger partial charge in [-0.15, -0.1) is 0 Å². The van der Waals surface area contributed by atoms with Gasteiger partial charge in [0, 0.05) is 18.9 Å². The number of nitrogens with one attached hydrogen (secondary N) is 1. The Morgan fingerprint density at radius 3 is 2.61 bits per heavy atom. The molecule has 8 heteroatoms. The molecule has 0 atom stereocenters. The summed E-state index contributed by atoms with van der Waals surface area (Å²) in [5.74, 6) is 0. The van der Waals surface area contributed by atoms with Gasteiger partial charge in [-0.05, 0) is 12.8 Å². The van der Waals surface area contributed by atoms with E-state index in [1.807, 2.05) is 0 Å². The lowest BCUT2D eigenvalue weighted by atomic mass is 10.2. The third kappa shape index (κ3) is 4.53. The van der Waals surface area contributed by atoms with E-state index in [0.29, 0.717) is 6.54 Å². The fourth-order valence-electron chi connectivity index (χ4n) is 1.55. The van der Waals surface area contributed by atoms with Crippen LogP contribution in [0.3, 0.4) is 0 Å². The minimum absolute atomic E-state index is 0.0182. The smallest absolute Gasteiger partial charge is 0.255 e. The fraction of sp³-hybridized carbons (Fsp3) is 0.700. The Morgan fingerprint density at radius 2 is 2.06 bits per heavy atom. The van der Waals surface area contributed by atoms with Crippen LogP contribution in [0.15, 0.2) is 11.2 Å². The summed E-state index contributed by atoms with van der Waals surface area (Å²) in [6.45, 7) is 0.423. The molecule has 0 aromatic carbocycles. The number of aryl methyl sites for hydroxylation is 1. The van der Waals surface area contributed by atoms with Crippen molar-refractivity contribution in [3.63, 3.8) is 0 Å². The quantitative estimate of drug-likeness (QED) is 0.573. The van der Waals surface area contributed by atoms with Gasteiger partial charge in [0.25, 0.3) is 10.0 Å². The largest absolute Gasteiger partial charge is 0.259 e. The molecule has 1 N–H and O–H groups in total. The second-order valence-corrected chi connectivity index (χ2v) is 6.80. The van der Waals surface area contributed by atoms with Crippen molar-refractivity contribution < 1.29 is 8.42 Å². The molecule has 0 aliphatic carbocycles. The van der Waals surface area contributed by atoms with Crippen LogP contribution in [0.2, 0.25) is 5.02 Å². The predicted octanol–water partition coefficient (Wildman–Crippen LogP) is 2.31. The Hall–Kier alpha value is -0.110. The summed E-state index contributed by atoms with van der Waals surface area (Å²) in [5.41, 5.74) is 0. The van der Waals surface area contributed by atoms with Crippen molar-refractivity contribution in [2.75, 3.05) is 11.9 Å². The van der Waals surface area contributed by atoms with E-state index in [0.717, 1.165) is 31.0 Å². The minimum atomic E-state index is -3.56. The summed E-state index contributed by atoms with van der Waals surface area (Å²) in [5, 5.41) is 4.96. The van der Waals surface area contributed by atoms with E-state index in [9.17, 15) is 8.42 Å². The number of nitrogens with zero attached hydrogens (tertiary/aromatic N) is 2. The molecule has 0 aliphatic heterocycles. The molecule has 0 spiro atoms. The number of alkyl halides is 1. The summed E-state index contributed by atoms with van der Waals surface area (Å²) < 4.78 is 27.7. The van der Waals surface area contributed by atoms with Gasteiger partial charge >= 0.3 is 0 Å². The van der Waals surface area contributed by atoms with Gasteiger partial charge in [0.05, 0.1) is 11.2 Å². The van der Waals surface area contributed by atoms with Gasteiger partial charge in [-0.2, -0.15) is 5.10 Å². The van der Waals surface area contributed by atoms with Crippen molar-refractivity contribution in [3.05, 3.63) is 11.2 Å². The first kappa shape index (κ1) is 15.9. The number of halogens is 2. The number of unbranched alkanes of at least 4 members (excludes halogenated alkanes) is 3. The Bertz CT molecular complexity index is 456. The van der Waals surface area contributed by atoms with Gasteiger partial charge in [0.1, 0.15) is 0 Å². The van der Waals surface area contributed by atoms with E-state index in [1.54, 1.807) is 7.05 Å². The van der Waals surface area contributed by atoms with Crippen molar-refractivity contribution >= 4 is 37.6 Å². The SMILES string of the molecule is Cn1ncc(Cl)c1S(=O)(=O)NCCCCCCBr. The number of hydrogen-bond acceptors (Lipinski definition) is 3. The van der Waals surface area contributed by atoms with Crippen LogP contribution in [-0.4, -0.2) is 30.1 Å². The molecular weight excluding hydrogens is 342 g/mol. The molecule has 5 nitrogen and oxygen atoms in total. The van der Waals surface area contributed by atoms with E-state index in [2.05, 4.69) is 25.8 Å². The Labute approximate surface area is 121 Å². The highest BCUT2D eigenvalue weighted by molar-refractivity contribution is 9.09. The molecular formula is C10H17BrClN3O2S. The zero-order chi connectivity index (χ0) is 13.6. The van der Waals surface area contributed by atoms with Gasteiger partial charge in [-0.3, -0.25) is 4.68 Å². The third-order valence-electron chi connectivity index (χ3n) is 2.45. The molecule has 104 valence electrons. The van der Waals surface area contributed by atoms with Crippen molar-refractivity contribution in [3.8, 4) is 0 Å². The summed E-state index contributed by atoms with van der Waals surface area (Å²) >= 11 is 9.16. The number of aromatic nitrogens is 2. The lowest BCUT2D eigenvalue weighted by molar-refractivity contribution is 0.557. The maximum atomic E-state index is 12.0. The average molecular weight is 359 g/mol. The Kier molecular flexibility index (Phi) is 6.62. The lowest BCUT2D eigenvalue weighted by Crippen LogP contribution is -2.27. The maximum absolute atomic E-state index is 12.0. The predicted molar refractivity (Wildman–Crippen MR) is 75.7 cm³/mol. The molecule has 1 aromatic rings. The molecule has 0 bridgehead atoms. The number of rotatable bonds is 8. The van der Waals surface area contributed by atoms with Gasteiger partial charge in [-0.1, -0.05) is 40.4 Å². The average Bonchev–Trinajstić information content (AvgIpc) is 2.64. The fourth-order valence-corrected chi connectivity index (χ4v) is 3.67. The molecule has 1 rings (SSSR count). The molecule has 0 fully saturated rings. The lowest BCUT2D eigenvalue weighted by Gasteiger charge is -2.07. The van der Waals surface area contributed by atoms with Gasteiger partial charge < -0.3 is 0 Å². The summed E-state index contributed by atoms with van der Waals surface area (Å²) in [6, 6.07) is 0. The maximum Gasteiger partial charge on any atom is 0.259 e. The number of sulfonamides is 1. The molecule has 0 radical (unpaired) electrons. The molecule has 0 saturated heterocycles. The van der Waals surface area contributed by atoms with Crippen LogP contribution in [0.25, 0.3) is 0 Å². The summed E-state index contributed by atoms with van der Waals surface area (Å²) in [4.78, 5) is 0. The first-order valence-corrected chi connectivity index (χ1v) is 8.70. The van der Waals surface area contributed by atoms with Crippen LogP contribution in [0, 0.1) is 0 Å². The third-order valence-corrected chi connectivity index (χ3v) is 4.98. The molecule has 18 heavy (non-hydrogen) atoms. The van der Waals surface area contributed by atoms with E-state index < -0.39 is 10.0 Å². The second-order valence-electron chi connectivity index (χ2n) is 3.92. The zero-order valence-corrected chi connectivity index (χ0v) is 13.4. The van der Waals surface area contributed by atoms with Crippen LogP contribution in [0.1, 0.15) is 25.7 Å². The van der Waals surface area contributed by atoms with Crippen molar-refractivity contribution in [1.82, 2.24) is 14.5 Å². The summed E-state index contributed by atoms with van der Waals surface area (Å²) in [6.07, 6.45) is 5.36. The van der Waals surface area contributed by atoms with Crippen molar-refractivity contribution in [1.29, 1.82) is 0 Å². The van der Waals surface area contributed by atoms with E-state index in [-0.39, 0.29) is 10.0 Å². The molecule has 0 amide bonds. The van der Waals surface area contributed by atoms with Crippen LogP contribution in [0.4, 0.5) is 0 Å². The molecule has 1 aromatic heterocycles. The molecule has 1 heterocycles. The highest BCUT2D eigenvalue weighted by Crippen LogP contribution is 2.19. The minimum Gasteiger partial charge on any atom is -0.255 e. The normalized spacial score (nSPS) is 11.9. The molecule has 0 unspecified atom stereocenters.